The van der Waals surface area contributed by atoms with Crippen molar-refractivity contribution in [3.8, 4) is 6.07 Å². The van der Waals surface area contributed by atoms with Crippen molar-refractivity contribution in [2.75, 3.05) is 0 Å². The summed E-state index contributed by atoms with van der Waals surface area (Å²) in [5, 5.41) is 8.52. The Bertz CT molecular complexity index is 290. The zero-order valence-electron chi connectivity index (χ0n) is 5.00. The predicted octanol–water partition coefficient (Wildman–Crippen LogP) is 2.61. The van der Waals surface area contributed by atoms with Gasteiger partial charge < -0.3 is 0 Å². The number of halogens is 1. The van der Waals surface area contributed by atoms with Crippen LogP contribution < -0.4 is 0 Å². The van der Waals surface area contributed by atoms with Crippen LogP contribution in [0.2, 0.25) is 0 Å². The highest BCUT2D eigenvalue weighted by atomic mass is 79.9. The third-order valence-corrected chi connectivity index (χ3v) is 1.96. The van der Waals surface area contributed by atoms with E-state index in [1.165, 1.54) is 0 Å². The Kier molecular flexibility index (Phi) is 2.36. The van der Waals surface area contributed by atoms with Gasteiger partial charge in [-0.05, 0) is 18.2 Å². The molecule has 50 valence electrons. The van der Waals surface area contributed by atoms with Crippen molar-refractivity contribution in [3.63, 3.8) is 0 Å². The largest absolute Gasteiger partial charge is 0.192 e. The molecule has 0 bridgehead atoms. The molecule has 1 aromatic rings. The van der Waals surface area contributed by atoms with Gasteiger partial charge in [-0.15, -0.1) is 12.6 Å². The van der Waals surface area contributed by atoms with Crippen molar-refractivity contribution in [2.45, 2.75) is 4.90 Å². The molecule has 0 amide bonds. The summed E-state index contributed by atoms with van der Waals surface area (Å²) in [6, 6.07) is 7.40. The van der Waals surface area contributed by atoms with Crippen LogP contribution in [-0.2, 0) is 0 Å². The normalized spacial score (nSPS) is 8.90. The summed E-state index contributed by atoms with van der Waals surface area (Å²) >= 11 is 7.33. The molecule has 0 saturated heterocycles. The van der Waals surface area contributed by atoms with Crippen LogP contribution in [0.5, 0.6) is 0 Å². The highest BCUT2D eigenvalue weighted by Crippen LogP contribution is 2.18. The maximum atomic E-state index is 8.52. The van der Waals surface area contributed by atoms with Gasteiger partial charge in [-0.2, -0.15) is 5.26 Å². The average molecular weight is 214 g/mol. The Balaban J connectivity index is 3.25. The summed E-state index contributed by atoms with van der Waals surface area (Å²) in [7, 11) is 0. The van der Waals surface area contributed by atoms with Crippen LogP contribution >= 0.6 is 28.6 Å². The van der Waals surface area contributed by atoms with E-state index in [0.29, 0.717) is 10.5 Å². The van der Waals surface area contributed by atoms with Crippen molar-refractivity contribution < 1.29 is 0 Å². The van der Waals surface area contributed by atoms with Gasteiger partial charge in [-0.1, -0.05) is 15.9 Å². The number of hydrogen-bond donors (Lipinski definition) is 1. The summed E-state index contributed by atoms with van der Waals surface area (Å²) in [6.07, 6.45) is 0. The zero-order chi connectivity index (χ0) is 7.56. The molecule has 0 spiro atoms. The molecular weight excluding hydrogens is 210 g/mol. The van der Waals surface area contributed by atoms with E-state index in [1.807, 2.05) is 12.1 Å². The molecule has 0 aliphatic carbocycles. The van der Waals surface area contributed by atoms with Crippen molar-refractivity contribution in [2.24, 2.45) is 0 Å². The van der Waals surface area contributed by atoms with E-state index >= 15 is 0 Å². The van der Waals surface area contributed by atoms with Crippen LogP contribution in [-0.4, -0.2) is 0 Å². The summed E-state index contributed by atoms with van der Waals surface area (Å²) in [6.45, 7) is 0. The van der Waals surface area contributed by atoms with Crippen molar-refractivity contribution in [1.82, 2.24) is 0 Å². The molecule has 1 rings (SSSR count). The Labute approximate surface area is 73.2 Å². The van der Waals surface area contributed by atoms with Gasteiger partial charge in [-0.3, -0.25) is 0 Å². The van der Waals surface area contributed by atoms with Gasteiger partial charge in [0, 0.05) is 9.37 Å². The van der Waals surface area contributed by atoms with E-state index in [-0.39, 0.29) is 0 Å². The molecule has 3 heteroatoms. The van der Waals surface area contributed by atoms with Crippen molar-refractivity contribution in [1.29, 1.82) is 5.26 Å². The zero-order valence-corrected chi connectivity index (χ0v) is 7.48. The maximum Gasteiger partial charge on any atom is 0.100 e. The summed E-state index contributed by atoms with van der Waals surface area (Å²) < 4.78 is 0.904. The Morgan fingerprint density at radius 2 is 2.20 bits per heavy atom. The molecule has 0 atom stereocenters. The molecule has 0 aliphatic rings. The van der Waals surface area contributed by atoms with E-state index in [9.17, 15) is 0 Å². The van der Waals surface area contributed by atoms with Crippen LogP contribution in [0.3, 0.4) is 0 Å². The predicted molar refractivity (Wildman–Crippen MR) is 46.1 cm³/mol. The molecule has 1 aromatic carbocycles. The lowest BCUT2D eigenvalue weighted by Crippen LogP contribution is -1.76. The minimum Gasteiger partial charge on any atom is -0.192 e. The molecule has 0 aromatic heterocycles. The fraction of sp³-hybridized carbons (Fsp3) is 0. The average Bonchev–Trinajstić information content (AvgIpc) is 1.94. The molecule has 0 saturated carbocycles. The lowest BCUT2D eigenvalue weighted by atomic mass is 10.2. The quantitative estimate of drug-likeness (QED) is 0.659. The van der Waals surface area contributed by atoms with Crippen LogP contribution in [0.15, 0.2) is 27.6 Å². The maximum absolute atomic E-state index is 8.52. The number of hydrogen-bond acceptors (Lipinski definition) is 2. The van der Waals surface area contributed by atoms with E-state index in [0.717, 1.165) is 4.47 Å². The second kappa shape index (κ2) is 3.09. The van der Waals surface area contributed by atoms with Crippen molar-refractivity contribution >= 4 is 28.6 Å². The lowest BCUT2D eigenvalue weighted by molar-refractivity contribution is 1.36. The van der Waals surface area contributed by atoms with Gasteiger partial charge in [0.05, 0.1) is 5.56 Å². The molecule has 1 nitrogen and oxygen atoms in total. The number of nitriles is 1. The first kappa shape index (κ1) is 7.64. The fourth-order valence-electron chi connectivity index (χ4n) is 0.598. The second-order valence-electron chi connectivity index (χ2n) is 1.77. The highest BCUT2D eigenvalue weighted by molar-refractivity contribution is 9.10. The molecule has 10 heavy (non-hydrogen) atoms. The van der Waals surface area contributed by atoms with E-state index in [2.05, 4.69) is 28.6 Å². The first-order valence-corrected chi connectivity index (χ1v) is 3.86. The van der Waals surface area contributed by atoms with Crippen LogP contribution in [0.25, 0.3) is 0 Å². The minimum atomic E-state index is 0.595. The van der Waals surface area contributed by atoms with Crippen LogP contribution in [0, 0.1) is 11.3 Å². The topological polar surface area (TPSA) is 23.8 Å². The summed E-state index contributed by atoms with van der Waals surface area (Å²) in [5.74, 6) is 0. The minimum absolute atomic E-state index is 0.595. The number of nitrogens with zero attached hydrogens (tertiary/aromatic N) is 1. The smallest absolute Gasteiger partial charge is 0.100 e. The standard InChI is InChI=1S/C7H4BrNS/c8-6-1-2-7(10)5(3-6)4-9/h1-3,10H. The summed E-state index contributed by atoms with van der Waals surface area (Å²) in [4.78, 5) is 0.714. The first-order chi connectivity index (χ1) is 4.74. The van der Waals surface area contributed by atoms with Crippen molar-refractivity contribution in [3.05, 3.63) is 28.2 Å². The third kappa shape index (κ3) is 1.53. The van der Waals surface area contributed by atoms with Gasteiger partial charge in [0.2, 0.25) is 0 Å². The van der Waals surface area contributed by atoms with Gasteiger partial charge >= 0.3 is 0 Å². The van der Waals surface area contributed by atoms with E-state index < -0.39 is 0 Å². The molecule has 0 aliphatic heterocycles. The van der Waals surface area contributed by atoms with Gasteiger partial charge in [0.25, 0.3) is 0 Å². The molecular formula is C7H4BrNS. The number of rotatable bonds is 0. The van der Waals surface area contributed by atoms with Gasteiger partial charge in [0.1, 0.15) is 6.07 Å². The first-order valence-electron chi connectivity index (χ1n) is 2.62. The monoisotopic (exact) mass is 213 g/mol. The van der Waals surface area contributed by atoms with Gasteiger partial charge in [-0.25, -0.2) is 0 Å². The molecule has 0 heterocycles. The third-order valence-electron chi connectivity index (χ3n) is 1.08. The molecule has 0 N–H and O–H groups in total. The SMILES string of the molecule is N#Cc1cc(Br)ccc1S. The number of thiol groups is 1. The van der Waals surface area contributed by atoms with Crippen LogP contribution in [0.4, 0.5) is 0 Å². The molecule has 0 radical (unpaired) electrons. The second-order valence-corrected chi connectivity index (χ2v) is 3.17. The van der Waals surface area contributed by atoms with E-state index in [1.54, 1.807) is 12.1 Å². The Morgan fingerprint density at radius 3 is 2.70 bits per heavy atom. The fourth-order valence-corrected chi connectivity index (χ4v) is 1.15. The highest BCUT2D eigenvalue weighted by Gasteiger charge is 1.96. The Morgan fingerprint density at radius 1 is 1.50 bits per heavy atom. The van der Waals surface area contributed by atoms with Gasteiger partial charge in [0.15, 0.2) is 0 Å². The molecule has 0 unspecified atom stereocenters. The van der Waals surface area contributed by atoms with Crippen LogP contribution in [0.1, 0.15) is 5.56 Å². The Hall–Kier alpha value is -0.460. The number of benzene rings is 1. The molecule has 0 fully saturated rings. The lowest BCUT2D eigenvalue weighted by Gasteiger charge is -1.94. The van der Waals surface area contributed by atoms with E-state index in [4.69, 9.17) is 5.26 Å². The summed E-state index contributed by atoms with van der Waals surface area (Å²) in [5.41, 5.74) is 0.595.